The Bertz CT molecular complexity index is 566. The third-order valence-corrected chi connectivity index (χ3v) is 3.52. The lowest BCUT2D eigenvalue weighted by Gasteiger charge is -2.20. The highest BCUT2D eigenvalue weighted by Crippen LogP contribution is 2.27. The highest BCUT2D eigenvalue weighted by Gasteiger charge is 2.11. The smallest absolute Gasteiger partial charge is 0.128 e. The highest BCUT2D eigenvalue weighted by atomic mass is 19.1. The van der Waals surface area contributed by atoms with Gasteiger partial charge in [0.2, 0.25) is 0 Å². The first-order valence-corrected chi connectivity index (χ1v) is 6.81. The number of halogens is 1. The fraction of sp³-hybridized carbons (Fsp3) is 0.294. The molecule has 0 bridgehead atoms. The molecule has 106 valence electrons. The van der Waals surface area contributed by atoms with Crippen molar-refractivity contribution >= 4 is 5.69 Å². The second-order valence-electron chi connectivity index (χ2n) is 4.79. The lowest BCUT2D eigenvalue weighted by atomic mass is 10.0. The fourth-order valence-corrected chi connectivity index (χ4v) is 2.21. The van der Waals surface area contributed by atoms with Gasteiger partial charge < -0.3 is 10.1 Å². The van der Waals surface area contributed by atoms with E-state index in [4.69, 9.17) is 4.74 Å². The fourth-order valence-electron chi connectivity index (χ4n) is 2.21. The Morgan fingerprint density at radius 3 is 2.45 bits per heavy atom. The number of anilines is 1. The van der Waals surface area contributed by atoms with E-state index >= 15 is 0 Å². The van der Waals surface area contributed by atoms with Gasteiger partial charge in [-0.2, -0.15) is 0 Å². The van der Waals surface area contributed by atoms with E-state index in [1.54, 1.807) is 20.1 Å². The van der Waals surface area contributed by atoms with E-state index in [1.165, 1.54) is 6.07 Å². The molecule has 1 unspecified atom stereocenters. The molecule has 0 heterocycles. The van der Waals surface area contributed by atoms with Gasteiger partial charge in [0.05, 0.1) is 13.2 Å². The van der Waals surface area contributed by atoms with E-state index in [-0.39, 0.29) is 11.9 Å². The molecule has 2 aromatic rings. The summed E-state index contributed by atoms with van der Waals surface area (Å²) in [5.41, 5.74) is 2.66. The van der Waals surface area contributed by atoms with Crippen molar-refractivity contribution in [1.82, 2.24) is 0 Å². The zero-order valence-corrected chi connectivity index (χ0v) is 12.1. The second-order valence-corrected chi connectivity index (χ2v) is 4.79. The Hall–Kier alpha value is -2.03. The van der Waals surface area contributed by atoms with Crippen LogP contribution >= 0.6 is 0 Å². The van der Waals surface area contributed by atoms with E-state index in [0.717, 1.165) is 23.4 Å². The number of hydrogen-bond acceptors (Lipinski definition) is 2. The van der Waals surface area contributed by atoms with Crippen LogP contribution in [0.1, 0.15) is 30.5 Å². The first-order valence-electron chi connectivity index (χ1n) is 6.81. The van der Waals surface area contributed by atoms with Crippen LogP contribution in [0.5, 0.6) is 5.75 Å². The van der Waals surface area contributed by atoms with Crippen LogP contribution in [-0.4, -0.2) is 7.11 Å². The summed E-state index contributed by atoms with van der Waals surface area (Å²) in [4.78, 5) is 0. The lowest BCUT2D eigenvalue weighted by molar-refractivity contribution is 0.414. The molecule has 2 nitrogen and oxygen atoms in total. The van der Waals surface area contributed by atoms with Crippen molar-refractivity contribution in [3.8, 4) is 5.75 Å². The standard InChI is InChI=1S/C17H20FNO/c1-4-16(13-8-10-14(20-3)11-9-13)19-17-7-5-6-15(18)12(17)2/h5-11,16,19H,4H2,1-3H3. The van der Waals surface area contributed by atoms with Gasteiger partial charge in [0.25, 0.3) is 0 Å². The third kappa shape index (κ3) is 3.10. The van der Waals surface area contributed by atoms with Crippen LogP contribution in [0.2, 0.25) is 0 Å². The zero-order valence-electron chi connectivity index (χ0n) is 12.1. The van der Waals surface area contributed by atoms with Crippen LogP contribution in [0.15, 0.2) is 42.5 Å². The molecule has 0 saturated carbocycles. The number of benzene rings is 2. The van der Waals surface area contributed by atoms with E-state index in [1.807, 2.05) is 30.3 Å². The van der Waals surface area contributed by atoms with Crippen LogP contribution in [0, 0.1) is 12.7 Å². The van der Waals surface area contributed by atoms with Crippen LogP contribution in [-0.2, 0) is 0 Å². The van der Waals surface area contributed by atoms with Crippen molar-refractivity contribution in [3.05, 3.63) is 59.4 Å². The average molecular weight is 273 g/mol. The van der Waals surface area contributed by atoms with E-state index < -0.39 is 0 Å². The van der Waals surface area contributed by atoms with Gasteiger partial charge in [-0.25, -0.2) is 4.39 Å². The Morgan fingerprint density at radius 2 is 1.85 bits per heavy atom. The van der Waals surface area contributed by atoms with Crippen molar-refractivity contribution in [2.45, 2.75) is 26.3 Å². The van der Waals surface area contributed by atoms with Gasteiger partial charge in [-0.15, -0.1) is 0 Å². The second kappa shape index (κ2) is 6.42. The summed E-state index contributed by atoms with van der Waals surface area (Å²) in [6.07, 6.45) is 0.919. The largest absolute Gasteiger partial charge is 0.497 e. The van der Waals surface area contributed by atoms with Crippen molar-refractivity contribution in [1.29, 1.82) is 0 Å². The van der Waals surface area contributed by atoms with Crippen molar-refractivity contribution in [3.63, 3.8) is 0 Å². The van der Waals surface area contributed by atoms with Crippen LogP contribution in [0.3, 0.4) is 0 Å². The average Bonchev–Trinajstić information content (AvgIpc) is 2.49. The van der Waals surface area contributed by atoms with Crippen molar-refractivity contribution < 1.29 is 9.13 Å². The van der Waals surface area contributed by atoms with E-state index in [2.05, 4.69) is 12.2 Å². The minimum atomic E-state index is -0.181. The Labute approximate surface area is 119 Å². The SMILES string of the molecule is CCC(Nc1cccc(F)c1C)c1ccc(OC)cc1. The molecule has 2 aromatic carbocycles. The van der Waals surface area contributed by atoms with Crippen molar-refractivity contribution in [2.75, 3.05) is 12.4 Å². The summed E-state index contributed by atoms with van der Waals surface area (Å²) in [6, 6.07) is 13.2. The van der Waals surface area contributed by atoms with Crippen molar-refractivity contribution in [2.24, 2.45) is 0 Å². The van der Waals surface area contributed by atoms with E-state index in [9.17, 15) is 4.39 Å². The molecular weight excluding hydrogens is 253 g/mol. The first-order chi connectivity index (χ1) is 9.65. The molecule has 0 aromatic heterocycles. The summed E-state index contributed by atoms with van der Waals surface area (Å²) in [6.45, 7) is 3.90. The van der Waals surface area contributed by atoms with Gasteiger partial charge in [-0.3, -0.25) is 0 Å². The molecule has 0 saturated heterocycles. The number of methoxy groups -OCH3 is 1. The van der Waals surface area contributed by atoms with Gasteiger partial charge in [-0.1, -0.05) is 25.1 Å². The summed E-state index contributed by atoms with van der Waals surface area (Å²) in [5, 5.41) is 3.41. The number of ether oxygens (including phenoxy) is 1. The molecule has 1 N–H and O–H groups in total. The molecule has 0 aliphatic carbocycles. The number of nitrogens with one attached hydrogen (secondary N) is 1. The Balaban J connectivity index is 2.21. The molecule has 3 heteroatoms. The predicted octanol–water partition coefficient (Wildman–Crippen LogP) is 4.71. The summed E-state index contributed by atoms with van der Waals surface area (Å²) in [7, 11) is 1.65. The molecule has 0 radical (unpaired) electrons. The normalized spacial score (nSPS) is 12.0. The quantitative estimate of drug-likeness (QED) is 0.852. The molecule has 0 fully saturated rings. The minimum absolute atomic E-state index is 0.154. The van der Waals surface area contributed by atoms with Crippen LogP contribution < -0.4 is 10.1 Å². The Morgan fingerprint density at radius 1 is 1.15 bits per heavy atom. The van der Waals surface area contributed by atoms with Crippen LogP contribution in [0.4, 0.5) is 10.1 Å². The molecule has 0 aliphatic rings. The van der Waals surface area contributed by atoms with Gasteiger partial charge in [0, 0.05) is 11.3 Å². The molecule has 0 aliphatic heterocycles. The molecule has 2 rings (SSSR count). The monoisotopic (exact) mass is 273 g/mol. The topological polar surface area (TPSA) is 21.3 Å². The number of hydrogen-bond donors (Lipinski definition) is 1. The maximum atomic E-state index is 13.6. The molecule has 0 amide bonds. The lowest BCUT2D eigenvalue weighted by Crippen LogP contribution is -2.11. The Kier molecular flexibility index (Phi) is 4.61. The number of rotatable bonds is 5. The zero-order chi connectivity index (χ0) is 14.5. The minimum Gasteiger partial charge on any atom is -0.497 e. The molecule has 0 spiro atoms. The van der Waals surface area contributed by atoms with E-state index in [0.29, 0.717) is 5.56 Å². The molecule has 1 atom stereocenters. The van der Waals surface area contributed by atoms with Gasteiger partial charge in [0.1, 0.15) is 11.6 Å². The third-order valence-electron chi connectivity index (χ3n) is 3.52. The predicted molar refractivity (Wildman–Crippen MR) is 80.8 cm³/mol. The highest BCUT2D eigenvalue weighted by molar-refractivity contribution is 5.52. The summed E-state index contributed by atoms with van der Waals surface area (Å²) < 4.78 is 18.7. The van der Waals surface area contributed by atoms with Gasteiger partial charge in [-0.05, 0) is 43.2 Å². The maximum absolute atomic E-state index is 13.6. The maximum Gasteiger partial charge on any atom is 0.128 e. The summed E-state index contributed by atoms with van der Waals surface area (Å²) >= 11 is 0. The first kappa shape index (κ1) is 14.4. The van der Waals surface area contributed by atoms with Gasteiger partial charge in [0.15, 0.2) is 0 Å². The molecule has 20 heavy (non-hydrogen) atoms. The summed E-state index contributed by atoms with van der Waals surface area (Å²) in [5.74, 6) is 0.658. The molecular formula is C17H20FNO. The van der Waals surface area contributed by atoms with Crippen LogP contribution in [0.25, 0.3) is 0 Å². The van der Waals surface area contributed by atoms with Gasteiger partial charge >= 0.3 is 0 Å².